The standard InChI is InChI=1S/C45H58N2O/c1-45(2)35-19-9-6-17-32(35)43-36(45)20-12-22-39(43)47(40-23-13-25-42-44(40)33-18-8-11-24-41(33)48-42)30-26-27-38-34(28-30)31-16-7-10-21-37(31)46(38)29-14-4-3-5-15-29/h4,7,13-14,16-17,19-20,25,28-29,31,33,37,39-44H,3,5-6,8-12,15,18,21-24,26-27H2,1-2H3. The smallest absolute Gasteiger partial charge is 0.0811 e. The van der Waals surface area contributed by atoms with Gasteiger partial charge in [-0.25, -0.2) is 0 Å². The van der Waals surface area contributed by atoms with E-state index in [4.69, 9.17) is 4.74 Å². The van der Waals surface area contributed by atoms with Gasteiger partial charge in [0, 0.05) is 58.7 Å². The van der Waals surface area contributed by atoms with Crippen molar-refractivity contribution in [2.45, 2.75) is 153 Å². The molecule has 0 aromatic carbocycles. The number of rotatable bonds is 4. The van der Waals surface area contributed by atoms with E-state index in [2.05, 4.69) is 84.4 Å². The molecular formula is C45H58N2O. The Bertz CT molecular complexity index is 1580. The van der Waals surface area contributed by atoms with Gasteiger partial charge in [0.2, 0.25) is 0 Å². The summed E-state index contributed by atoms with van der Waals surface area (Å²) in [5.74, 6) is 2.42. The Hall–Kier alpha value is -2.52. The lowest BCUT2D eigenvalue weighted by Gasteiger charge is -2.51. The molecule has 0 amide bonds. The minimum Gasteiger partial charge on any atom is -0.370 e. The molecular weight excluding hydrogens is 585 g/mol. The topological polar surface area (TPSA) is 15.7 Å². The fraction of sp³-hybridized carbons (Fsp3) is 0.644. The highest BCUT2D eigenvalue weighted by atomic mass is 16.5. The van der Waals surface area contributed by atoms with Crippen LogP contribution in [0.15, 0.2) is 94.4 Å². The third-order valence-electron chi connectivity index (χ3n) is 14.9. The van der Waals surface area contributed by atoms with Gasteiger partial charge in [-0.1, -0.05) is 86.9 Å². The average molecular weight is 643 g/mol. The van der Waals surface area contributed by atoms with Gasteiger partial charge in [-0.3, -0.25) is 0 Å². The maximum absolute atomic E-state index is 6.95. The fourth-order valence-corrected chi connectivity index (χ4v) is 13.0. The summed E-state index contributed by atoms with van der Waals surface area (Å²) in [6, 6.07) is 2.30. The third kappa shape index (κ3) is 4.54. The van der Waals surface area contributed by atoms with Gasteiger partial charge >= 0.3 is 0 Å². The van der Waals surface area contributed by atoms with Crippen LogP contribution in [-0.4, -0.2) is 46.2 Å². The predicted molar refractivity (Wildman–Crippen MR) is 196 cm³/mol. The van der Waals surface area contributed by atoms with E-state index in [-0.39, 0.29) is 5.41 Å². The van der Waals surface area contributed by atoms with Gasteiger partial charge in [-0.15, -0.1) is 0 Å². The van der Waals surface area contributed by atoms with Crippen molar-refractivity contribution in [3.8, 4) is 0 Å². The predicted octanol–water partition coefficient (Wildman–Crippen LogP) is 10.3. The normalized spacial score (nSPS) is 42.1. The summed E-state index contributed by atoms with van der Waals surface area (Å²) < 4.78 is 6.95. The average Bonchev–Trinajstić information content (AvgIpc) is 3.75. The molecule has 10 unspecified atom stereocenters. The van der Waals surface area contributed by atoms with Gasteiger partial charge in [0.15, 0.2) is 0 Å². The summed E-state index contributed by atoms with van der Waals surface area (Å²) in [4.78, 5) is 6.08. The van der Waals surface area contributed by atoms with Crippen LogP contribution in [0.2, 0.25) is 0 Å². The van der Waals surface area contributed by atoms with E-state index in [0.717, 1.165) is 0 Å². The molecule has 0 aromatic rings. The van der Waals surface area contributed by atoms with Crippen molar-refractivity contribution in [1.29, 1.82) is 0 Å². The quantitative estimate of drug-likeness (QED) is 0.284. The lowest BCUT2D eigenvalue weighted by molar-refractivity contribution is 0.0275. The first kappa shape index (κ1) is 30.3. The number of allylic oxidation sites excluding steroid dienone is 9. The van der Waals surface area contributed by atoms with Gasteiger partial charge < -0.3 is 14.5 Å². The van der Waals surface area contributed by atoms with Crippen LogP contribution >= 0.6 is 0 Å². The van der Waals surface area contributed by atoms with Crippen LogP contribution in [-0.2, 0) is 4.74 Å². The summed E-state index contributed by atoms with van der Waals surface area (Å²) in [7, 11) is 0. The highest BCUT2D eigenvalue weighted by molar-refractivity contribution is 5.57. The monoisotopic (exact) mass is 642 g/mol. The summed E-state index contributed by atoms with van der Waals surface area (Å²) in [5.41, 5.74) is 10.3. The number of ether oxygens (including phenoxy) is 1. The second-order valence-electron chi connectivity index (χ2n) is 17.5. The van der Waals surface area contributed by atoms with E-state index in [1.165, 1.54) is 103 Å². The van der Waals surface area contributed by atoms with Gasteiger partial charge in [-0.2, -0.15) is 0 Å². The van der Waals surface area contributed by atoms with Crippen LogP contribution in [0.5, 0.6) is 0 Å². The minimum absolute atomic E-state index is 0.150. The second-order valence-corrected chi connectivity index (χ2v) is 17.5. The molecule has 2 saturated carbocycles. The second kappa shape index (κ2) is 11.8. The van der Waals surface area contributed by atoms with Crippen LogP contribution in [0.25, 0.3) is 0 Å². The van der Waals surface area contributed by atoms with Crippen LogP contribution < -0.4 is 0 Å². The first-order chi connectivity index (χ1) is 23.6. The van der Waals surface area contributed by atoms with Gasteiger partial charge in [-0.05, 0) is 119 Å². The lowest BCUT2D eigenvalue weighted by atomic mass is 9.70. The molecule has 1 saturated heterocycles. The molecule has 8 aliphatic carbocycles. The van der Waals surface area contributed by atoms with Crippen molar-refractivity contribution in [1.82, 2.24) is 9.80 Å². The van der Waals surface area contributed by atoms with E-state index in [1.807, 2.05) is 0 Å². The Morgan fingerprint density at radius 1 is 0.792 bits per heavy atom. The molecule has 48 heavy (non-hydrogen) atoms. The Labute approximate surface area is 290 Å². The Morgan fingerprint density at radius 2 is 1.69 bits per heavy atom. The first-order valence-electron chi connectivity index (χ1n) is 20.4. The molecule has 3 fully saturated rings. The molecule has 254 valence electrons. The van der Waals surface area contributed by atoms with Crippen molar-refractivity contribution in [3.05, 3.63) is 94.4 Å². The molecule has 3 nitrogen and oxygen atoms in total. The zero-order chi connectivity index (χ0) is 32.0. The Morgan fingerprint density at radius 3 is 2.60 bits per heavy atom. The highest BCUT2D eigenvalue weighted by Crippen LogP contribution is 2.60. The number of hydrogen-bond donors (Lipinski definition) is 0. The zero-order valence-electron chi connectivity index (χ0n) is 29.7. The van der Waals surface area contributed by atoms with Crippen LogP contribution in [0.1, 0.15) is 117 Å². The molecule has 0 N–H and O–H groups in total. The van der Waals surface area contributed by atoms with Crippen molar-refractivity contribution < 1.29 is 4.74 Å². The maximum Gasteiger partial charge on any atom is 0.0811 e. The molecule has 3 heteroatoms. The molecule has 10 rings (SSSR count). The minimum atomic E-state index is 0.150. The Kier molecular flexibility index (Phi) is 7.44. The van der Waals surface area contributed by atoms with Gasteiger partial charge in [0.05, 0.1) is 12.2 Å². The largest absolute Gasteiger partial charge is 0.370 e. The van der Waals surface area contributed by atoms with E-state index in [1.54, 1.807) is 33.7 Å². The van der Waals surface area contributed by atoms with E-state index < -0.39 is 0 Å². The van der Waals surface area contributed by atoms with E-state index in [0.29, 0.717) is 60.0 Å². The number of nitrogens with zero attached hydrogens (tertiary/aromatic N) is 2. The number of hydrogen-bond acceptors (Lipinski definition) is 3. The van der Waals surface area contributed by atoms with Crippen LogP contribution in [0.4, 0.5) is 0 Å². The van der Waals surface area contributed by atoms with E-state index >= 15 is 0 Å². The lowest BCUT2D eigenvalue weighted by Crippen LogP contribution is -2.54. The van der Waals surface area contributed by atoms with Gasteiger partial charge in [0.1, 0.15) is 0 Å². The molecule has 10 atom stereocenters. The van der Waals surface area contributed by atoms with Crippen molar-refractivity contribution in [2.24, 2.45) is 29.1 Å². The van der Waals surface area contributed by atoms with E-state index in [9.17, 15) is 0 Å². The highest BCUT2D eigenvalue weighted by Gasteiger charge is 2.55. The fourth-order valence-electron chi connectivity index (χ4n) is 13.0. The molecule has 10 aliphatic rings. The third-order valence-corrected chi connectivity index (χ3v) is 14.9. The van der Waals surface area contributed by atoms with Gasteiger partial charge in [0.25, 0.3) is 0 Å². The van der Waals surface area contributed by atoms with Crippen molar-refractivity contribution in [2.75, 3.05) is 0 Å². The molecule has 2 heterocycles. The molecule has 2 aliphatic heterocycles. The van der Waals surface area contributed by atoms with Crippen LogP contribution in [0.3, 0.4) is 0 Å². The van der Waals surface area contributed by atoms with Crippen molar-refractivity contribution in [3.63, 3.8) is 0 Å². The summed E-state index contributed by atoms with van der Waals surface area (Å²) in [5, 5.41) is 0. The molecule has 0 radical (unpaired) electrons. The number of fused-ring (bicyclic) bond motifs is 8. The SMILES string of the molecule is CC1(C)C2=CCCC=C2C2C1=CCCC2N(C1=CC2=C(CC1)N(C1C=CCCC1)C1CCC=CC21)C1CC=CC2OC3CCCCC3C21. The maximum atomic E-state index is 6.95. The molecule has 0 bridgehead atoms. The first-order valence-corrected chi connectivity index (χ1v) is 20.4. The molecule has 0 aromatic heterocycles. The summed E-state index contributed by atoms with van der Waals surface area (Å²) >= 11 is 0. The summed E-state index contributed by atoms with van der Waals surface area (Å²) in [6.45, 7) is 5.07. The summed E-state index contributed by atoms with van der Waals surface area (Å²) in [6.07, 6.45) is 47.0. The Balaban J connectivity index is 1.10. The van der Waals surface area contributed by atoms with Crippen LogP contribution in [0, 0.1) is 29.1 Å². The zero-order valence-corrected chi connectivity index (χ0v) is 29.7. The molecule has 0 spiro atoms. The van der Waals surface area contributed by atoms with Crippen molar-refractivity contribution >= 4 is 0 Å².